The third-order valence-corrected chi connectivity index (χ3v) is 8.88. The van der Waals surface area contributed by atoms with Crippen molar-refractivity contribution in [1.29, 1.82) is 0 Å². The van der Waals surface area contributed by atoms with E-state index in [0.29, 0.717) is 0 Å². The van der Waals surface area contributed by atoms with Gasteiger partial charge >= 0.3 is 0 Å². The highest BCUT2D eigenvalue weighted by Gasteiger charge is 2.18. The van der Waals surface area contributed by atoms with Crippen LogP contribution < -0.4 is 0 Å². The quantitative estimate of drug-likeness (QED) is 0.186. The second-order valence-electron chi connectivity index (χ2n) is 11.7. The minimum atomic E-state index is 0.930. The van der Waals surface area contributed by atoms with Crippen LogP contribution in [0, 0.1) is 13.8 Å². The van der Waals surface area contributed by atoms with Gasteiger partial charge in [-0.25, -0.2) is 9.97 Å². The van der Waals surface area contributed by atoms with Crippen LogP contribution in [0.5, 0.6) is 0 Å². The average molecular weight is 569 g/mol. The largest absolute Gasteiger partial charge is 0.245 e. The Hall–Kier alpha value is -5.08. The molecule has 5 aromatic carbocycles. The van der Waals surface area contributed by atoms with Gasteiger partial charge in [-0.3, -0.25) is 0 Å². The third kappa shape index (κ3) is 4.97. The summed E-state index contributed by atoms with van der Waals surface area (Å²) in [5, 5.41) is 2.22. The molecule has 0 aliphatic rings. The number of pyridine rings is 2. The van der Waals surface area contributed by atoms with Gasteiger partial charge in [0.25, 0.3) is 0 Å². The Morgan fingerprint density at radius 3 is 1.20 bits per heavy atom. The van der Waals surface area contributed by atoms with Crippen LogP contribution in [0.3, 0.4) is 0 Å². The number of hydrogen-bond acceptors (Lipinski definition) is 2. The molecular formula is C42H36N2. The van der Waals surface area contributed by atoms with Gasteiger partial charge in [-0.05, 0) is 83.3 Å². The lowest BCUT2D eigenvalue weighted by Crippen LogP contribution is -1.97. The Kier molecular flexibility index (Phi) is 7.28. The molecule has 0 atom stereocenters. The van der Waals surface area contributed by atoms with Gasteiger partial charge in [-0.1, -0.05) is 123 Å². The summed E-state index contributed by atoms with van der Waals surface area (Å²) in [6.45, 7) is 8.79. The van der Waals surface area contributed by atoms with Crippen LogP contribution in [0.2, 0.25) is 0 Å². The number of rotatable bonds is 6. The molecule has 2 heterocycles. The molecule has 0 unspecified atom stereocenters. The summed E-state index contributed by atoms with van der Waals surface area (Å²) < 4.78 is 0. The van der Waals surface area contributed by atoms with E-state index in [1.54, 1.807) is 0 Å². The second-order valence-corrected chi connectivity index (χ2v) is 11.7. The number of aryl methyl sites for hydroxylation is 4. The average Bonchev–Trinajstić information content (AvgIpc) is 3.07. The van der Waals surface area contributed by atoms with Crippen LogP contribution in [0.15, 0.2) is 121 Å². The lowest BCUT2D eigenvalue weighted by molar-refractivity contribution is 1.13. The first-order chi connectivity index (χ1) is 21.5. The maximum Gasteiger partial charge on any atom is 0.0978 e. The normalized spacial score (nSPS) is 11.4. The van der Waals surface area contributed by atoms with Crippen molar-refractivity contribution in [3.63, 3.8) is 0 Å². The number of fused-ring (bicyclic) bond motifs is 3. The van der Waals surface area contributed by atoms with Crippen LogP contribution in [0.1, 0.15) is 36.1 Å². The fraction of sp³-hybridized carbons (Fsp3) is 0.143. The second kappa shape index (κ2) is 11.5. The molecule has 0 aliphatic heterocycles. The molecule has 44 heavy (non-hydrogen) atoms. The highest BCUT2D eigenvalue weighted by Crippen LogP contribution is 2.40. The molecule has 0 radical (unpaired) electrons. The zero-order chi connectivity index (χ0) is 30.2. The van der Waals surface area contributed by atoms with Crippen molar-refractivity contribution < 1.29 is 0 Å². The standard InChI is InChI=1S/C42H36N2/c1-5-29-17-19-33(27(3)23-29)39-25-37(31-13-9-7-10-14-31)35-21-22-36-38(32-15-11-8-12-16-32)26-40(44-42(36)41(35)43-39)34-20-18-30(6-2)24-28(34)4/h7-26H,5-6H2,1-4H3. The molecule has 0 amide bonds. The van der Waals surface area contributed by atoms with Gasteiger partial charge in [-0.2, -0.15) is 0 Å². The molecule has 0 fully saturated rings. The van der Waals surface area contributed by atoms with Gasteiger partial charge in [0.15, 0.2) is 0 Å². The summed E-state index contributed by atoms with van der Waals surface area (Å²) in [5.74, 6) is 0. The lowest BCUT2D eigenvalue weighted by atomic mass is 9.92. The van der Waals surface area contributed by atoms with Crippen LogP contribution >= 0.6 is 0 Å². The van der Waals surface area contributed by atoms with E-state index in [1.807, 2.05) is 0 Å². The Labute approximate surface area is 260 Å². The van der Waals surface area contributed by atoms with Crippen molar-refractivity contribution >= 4 is 21.8 Å². The van der Waals surface area contributed by atoms with Crippen molar-refractivity contribution in [3.05, 3.63) is 144 Å². The van der Waals surface area contributed by atoms with Gasteiger partial charge < -0.3 is 0 Å². The highest BCUT2D eigenvalue weighted by atomic mass is 14.8. The molecule has 0 aliphatic carbocycles. The van der Waals surface area contributed by atoms with Gasteiger partial charge in [0, 0.05) is 21.9 Å². The maximum absolute atomic E-state index is 5.43. The Balaban J connectivity index is 1.60. The topological polar surface area (TPSA) is 25.8 Å². The van der Waals surface area contributed by atoms with Crippen LogP contribution in [-0.2, 0) is 12.8 Å². The summed E-state index contributed by atoms with van der Waals surface area (Å²) >= 11 is 0. The molecule has 2 aromatic heterocycles. The first kappa shape index (κ1) is 27.7. The van der Waals surface area contributed by atoms with E-state index in [1.165, 1.54) is 44.5 Å². The van der Waals surface area contributed by atoms with Crippen LogP contribution in [-0.4, -0.2) is 9.97 Å². The fourth-order valence-electron chi connectivity index (χ4n) is 6.43. The molecular weight excluding hydrogens is 532 g/mol. The summed E-state index contributed by atoms with van der Waals surface area (Å²) in [4.78, 5) is 10.9. The zero-order valence-corrected chi connectivity index (χ0v) is 25.9. The van der Waals surface area contributed by atoms with Crippen LogP contribution in [0.25, 0.3) is 66.6 Å². The van der Waals surface area contributed by atoms with Crippen molar-refractivity contribution in [2.24, 2.45) is 0 Å². The number of aromatic nitrogens is 2. The molecule has 0 saturated carbocycles. The van der Waals surface area contributed by atoms with Gasteiger partial charge in [0.2, 0.25) is 0 Å². The number of benzene rings is 5. The minimum Gasteiger partial charge on any atom is -0.245 e. The predicted molar refractivity (Wildman–Crippen MR) is 187 cm³/mol. The van der Waals surface area contributed by atoms with Crippen LogP contribution in [0.4, 0.5) is 0 Å². The molecule has 0 N–H and O–H groups in total. The van der Waals surface area contributed by atoms with E-state index in [4.69, 9.17) is 9.97 Å². The first-order valence-corrected chi connectivity index (χ1v) is 15.6. The smallest absolute Gasteiger partial charge is 0.0978 e. The summed E-state index contributed by atoms with van der Waals surface area (Å²) in [6.07, 6.45) is 2.03. The van der Waals surface area contributed by atoms with E-state index in [9.17, 15) is 0 Å². The molecule has 2 nitrogen and oxygen atoms in total. The van der Waals surface area contributed by atoms with E-state index in [2.05, 4.69) is 149 Å². The molecule has 7 aromatic rings. The molecule has 7 rings (SSSR count). The van der Waals surface area contributed by atoms with E-state index in [0.717, 1.165) is 57.2 Å². The SMILES string of the molecule is CCc1ccc(-c2cc(-c3ccccc3)c3ccc4c(-c5ccccc5)cc(-c5ccc(CC)cc5C)nc4c3n2)c(C)c1. The summed E-state index contributed by atoms with van der Waals surface area (Å²) in [7, 11) is 0. The van der Waals surface area contributed by atoms with E-state index in [-0.39, 0.29) is 0 Å². The summed E-state index contributed by atoms with van der Waals surface area (Å²) in [6, 6.07) is 43.8. The van der Waals surface area contributed by atoms with E-state index < -0.39 is 0 Å². The van der Waals surface area contributed by atoms with Gasteiger partial charge in [-0.15, -0.1) is 0 Å². The van der Waals surface area contributed by atoms with Crippen molar-refractivity contribution in [1.82, 2.24) is 9.97 Å². The van der Waals surface area contributed by atoms with Gasteiger partial charge in [0.05, 0.1) is 22.4 Å². The lowest BCUT2D eigenvalue weighted by Gasteiger charge is -2.17. The number of nitrogens with zero attached hydrogens (tertiary/aromatic N) is 2. The number of hydrogen-bond donors (Lipinski definition) is 0. The van der Waals surface area contributed by atoms with Crippen molar-refractivity contribution in [2.45, 2.75) is 40.5 Å². The van der Waals surface area contributed by atoms with Gasteiger partial charge in [0.1, 0.15) is 0 Å². The predicted octanol–water partition coefficient (Wildman–Crippen LogP) is 11.2. The summed E-state index contributed by atoms with van der Waals surface area (Å²) in [5.41, 5.74) is 16.0. The van der Waals surface area contributed by atoms with Crippen molar-refractivity contribution in [2.75, 3.05) is 0 Å². The molecule has 2 heteroatoms. The van der Waals surface area contributed by atoms with Crippen molar-refractivity contribution in [3.8, 4) is 44.8 Å². The molecule has 0 spiro atoms. The Morgan fingerprint density at radius 1 is 0.432 bits per heavy atom. The third-order valence-electron chi connectivity index (χ3n) is 8.88. The van der Waals surface area contributed by atoms with E-state index >= 15 is 0 Å². The fourth-order valence-corrected chi connectivity index (χ4v) is 6.43. The molecule has 0 saturated heterocycles. The highest BCUT2D eigenvalue weighted by molar-refractivity contribution is 6.13. The Bertz CT molecular complexity index is 1990. The monoisotopic (exact) mass is 568 g/mol. The first-order valence-electron chi connectivity index (χ1n) is 15.6. The maximum atomic E-state index is 5.43. The Morgan fingerprint density at radius 2 is 0.841 bits per heavy atom. The molecule has 0 bridgehead atoms. The molecule has 214 valence electrons. The minimum absolute atomic E-state index is 0.930. The zero-order valence-electron chi connectivity index (χ0n) is 25.9.